The summed E-state index contributed by atoms with van der Waals surface area (Å²) in [7, 11) is 0. The van der Waals surface area contributed by atoms with Gasteiger partial charge in [0, 0.05) is 11.8 Å². The summed E-state index contributed by atoms with van der Waals surface area (Å²) in [5.41, 5.74) is 2.17. The van der Waals surface area contributed by atoms with Crippen molar-refractivity contribution in [3.63, 3.8) is 0 Å². The molecule has 0 saturated heterocycles. The Kier molecular flexibility index (Phi) is 5.70. The smallest absolute Gasteiger partial charge is 0.284 e. The fourth-order valence-electron chi connectivity index (χ4n) is 2.73. The standard InChI is InChI=1S/C20H23N5O3/c1-12(2)18(11-26)23-19(27)16-8-17(14-6-4-13(3)5-7-14)24-25(20(16)28)15-9-21-22-10-15/h4-10,12,18,26H,11H2,1-3H3,(H,21,22)(H,23,27). The van der Waals surface area contributed by atoms with Gasteiger partial charge >= 0.3 is 0 Å². The van der Waals surface area contributed by atoms with Crippen LogP contribution in [0, 0.1) is 12.8 Å². The number of aromatic nitrogens is 4. The van der Waals surface area contributed by atoms with Crippen molar-refractivity contribution in [1.29, 1.82) is 0 Å². The lowest BCUT2D eigenvalue weighted by atomic mass is 10.0. The van der Waals surface area contributed by atoms with Crippen LogP contribution in [0.3, 0.4) is 0 Å². The summed E-state index contributed by atoms with van der Waals surface area (Å²) >= 11 is 0. The third-order valence-corrected chi connectivity index (χ3v) is 4.55. The summed E-state index contributed by atoms with van der Waals surface area (Å²) < 4.78 is 1.15. The highest BCUT2D eigenvalue weighted by atomic mass is 16.3. The maximum Gasteiger partial charge on any atom is 0.284 e. The van der Waals surface area contributed by atoms with Gasteiger partial charge in [0.2, 0.25) is 0 Å². The maximum absolute atomic E-state index is 12.9. The van der Waals surface area contributed by atoms with Crippen molar-refractivity contribution in [2.24, 2.45) is 5.92 Å². The number of carbonyl (C=O) groups is 1. The summed E-state index contributed by atoms with van der Waals surface area (Å²) in [6, 6.07) is 8.66. The second kappa shape index (κ2) is 8.18. The van der Waals surface area contributed by atoms with Gasteiger partial charge < -0.3 is 10.4 Å². The minimum Gasteiger partial charge on any atom is -0.394 e. The van der Waals surface area contributed by atoms with E-state index in [-0.39, 0.29) is 18.1 Å². The average molecular weight is 381 g/mol. The molecule has 1 aromatic carbocycles. The van der Waals surface area contributed by atoms with E-state index in [1.54, 1.807) is 0 Å². The Morgan fingerprint density at radius 2 is 2.00 bits per heavy atom. The Bertz CT molecular complexity index is 1010. The van der Waals surface area contributed by atoms with Crippen LogP contribution in [-0.2, 0) is 0 Å². The van der Waals surface area contributed by atoms with Gasteiger partial charge in [-0.15, -0.1) is 0 Å². The lowest BCUT2D eigenvalue weighted by Gasteiger charge is -2.20. The highest BCUT2D eigenvalue weighted by Gasteiger charge is 2.21. The molecule has 0 spiro atoms. The van der Waals surface area contributed by atoms with Crippen molar-refractivity contribution in [1.82, 2.24) is 25.3 Å². The first-order valence-electron chi connectivity index (χ1n) is 9.03. The molecule has 0 fully saturated rings. The van der Waals surface area contributed by atoms with Crippen molar-refractivity contribution in [2.45, 2.75) is 26.8 Å². The molecule has 3 N–H and O–H groups in total. The summed E-state index contributed by atoms with van der Waals surface area (Å²) in [5.74, 6) is -0.533. The minimum absolute atomic E-state index is 0.0171. The van der Waals surface area contributed by atoms with Gasteiger partial charge in [-0.1, -0.05) is 43.7 Å². The molecule has 3 aromatic rings. The SMILES string of the molecule is Cc1ccc(-c2cc(C(=O)NC(CO)C(C)C)c(=O)n(-c3cn[nH]c3)n2)cc1. The molecule has 2 aromatic heterocycles. The zero-order valence-electron chi connectivity index (χ0n) is 16.0. The zero-order chi connectivity index (χ0) is 20.3. The second-order valence-electron chi connectivity index (χ2n) is 6.99. The Morgan fingerprint density at radius 3 is 2.57 bits per heavy atom. The number of hydrogen-bond acceptors (Lipinski definition) is 5. The van der Waals surface area contributed by atoms with Gasteiger partial charge in [0.25, 0.3) is 11.5 Å². The van der Waals surface area contributed by atoms with E-state index in [1.807, 2.05) is 45.0 Å². The number of amides is 1. The number of nitrogens with zero attached hydrogens (tertiary/aromatic N) is 3. The van der Waals surface area contributed by atoms with Crippen LogP contribution in [0.1, 0.15) is 29.8 Å². The van der Waals surface area contributed by atoms with E-state index in [1.165, 1.54) is 18.5 Å². The van der Waals surface area contributed by atoms with Gasteiger partial charge in [-0.3, -0.25) is 14.7 Å². The average Bonchev–Trinajstić information content (AvgIpc) is 3.21. The summed E-state index contributed by atoms with van der Waals surface area (Å²) in [6.07, 6.45) is 2.99. The van der Waals surface area contributed by atoms with Gasteiger partial charge in [-0.2, -0.15) is 14.9 Å². The summed E-state index contributed by atoms with van der Waals surface area (Å²) in [4.78, 5) is 25.7. The van der Waals surface area contributed by atoms with E-state index in [0.29, 0.717) is 11.4 Å². The molecule has 1 amide bonds. The van der Waals surface area contributed by atoms with Crippen molar-refractivity contribution in [3.8, 4) is 16.9 Å². The molecular formula is C20H23N5O3. The van der Waals surface area contributed by atoms with Crippen LogP contribution in [-0.4, -0.2) is 43.6 Å². The van der Waals surface area contributed by atoms with Crippen molar-refractivity contribution >= 4 is 5.91 Å². The van der Waals surface area contributed by atoms with Gasteiger partial charge in [0.05, 0.1) is 24.5 Å². The summed E-state index contributed by atoms with van der Waals surface area (Å²) in [6.45, 7) is 5.53. The number of rotatable bonds is 6. The first-order valence-corrected chi connectivity index (χ1v) is 9.03. The molecule has 2 heterocycles. The highest BCUT2D eigenvalue weighted by Crippen LogP contribution is 2.18. The highest BCUT2D eigenvalue weighted by molar-refractivity contribution is 5.95. The number of benzene rings is 1. The fraction of sp³-hybridized carbons (Fsp3) is 0.300. The van der Waals surface area contributed by atoms with E-state index >= 15 is 0 Å². The molecule has 0 aliphatic heterocycles. The number of H-pyrrole nitrogens is 1. The first-order chi connectivity index (χ1) is 13.4. The predicted molar refractivity (Wildman–Crippen MR) is 105 cm³/mol. The third-order valence-electron chi connectivity index (χ3n) is 4.55. The fourth-order valence-corrected chi connectivity index (χ4v) is 2.73. The zero-order valence-corrected chi connectivity index (χ0v) is 16.0. The lowest BCUT2D eigenvalue weighted by molar-refractivity contribution is 0.0894. The molecule has 3 rings (SSSR count). The van der Waals surface area contributed by atoms with Crippen LogP contribution in [0.15, 0.2) is 47.5 Å². The first kappa shape index (κ1) is 19.5. The second-order valence-corrected chi connectivity index (χ2v) is 6.99. The predicted octanol–water partition coefficient (Wildman–Crippen LogP) is 1.68. The topological polar surface area (TPSA) is 113 Å². The van der Waals surface area contributed by atoms with Crippen LogP contribution in [0.2, 0.25) is 0 Å². The van der Waals surface area contributed by atoms with E-state index in [0.717, 1.165) is 15.8 Å². The Morgan fingerprint density at radius 1 is 1.29 bits per heavy atom. The number of nitrogens with one attached hydrogen (secondary N) is 2. The molecular weight excluding hydrogens is 358 g/mol. The number of aliphatic hydroxyl groups excluding tert-OH is 1. The van der Waals surface area contributed by atoms with E-state index < -0.39 is 17.5 Å². The molecule has 8 heteroatoms. The van der Waals surface area contributed by atoms with Gasteiger partial charge in [0.1, 0.15) is 11.3 Å². The molecule has 0 radical (unpaired) electrons. The minimum atomic E-state index is -0.560. The van der Waals surface area contributed by atoms with Crippen LogP contribution in [0.5, 0.6) is 0 Å². The number of aryl methyl sites for hydroxylation is 1. The molecule has 8 nitrogen and oxygen atoms in total. The van der Waals surface area contributed by atoms with Gasteiger partial charge in [-0.25, -0.2) is 0 Å². The van der Waals surface area contributed by atoms with Gasteiger partial charge in [-0.05, 0) is 18.9 Å². The van der Waals surface area contributed by atoms with E-state index in [9.17, 15) is 14.7 Å². The monoisotopic (exact) mass is 381 g/mol. The van der Waals surface area contributed by atoms with Crippen molar-refractivity contribution in [3.05, 3.63) is 64.2 Å². The number of aromatic amines is 1. The van der Waals surface area contributed by atoms with E-state index in [2.05, 4.69) is 20.6 Å². The molecule has 0 saturated carbocycles. The Hall–Kier alpha value is -3.26. The molecule has 0 aliphatic rings. The quantitative estimate of drug-likeness (QED) is 0.601. The largest absolute Gasteiger partial charge is 0.394 e. The number of carbonyl (C=O) groups excluding carboxylic acids is 1. The number of hydrogen-bond donors (Lipinski definition) is 3. The molecule has 1 unspecified atom stereocenters. The lowest BCUT2D eigenvalue weighted by Crippen LogP contribution is -2.43. The maximum atomic E-state index is 12.9. The molecule has 28 heavy (non-hydrogen) atoms. The summed E-state index contributed by atoms with van der Waals surface area (Å²) in [5, 5.41) is 23.1. The normalized spacial score (nSPS) is 12.2. The molecule has 1 atom stereocenters. The van der Waals surface area contributed by atoms with Crippen LogP contribution >= 0.6 is 0 Å². The third kappa shape index (κ3) is 4.01. The van der Waals surface area contributed by atoms with Crippen molar-refractivity contribution in [2.75, 3.05) is 6.61 Å². The Balaban J connectivity index is 2.11. The van der Waals surface area contributed by atoms with Crippen LogP contribution in [0.4, 0.5) is 0 Å². The Labute approximate surface area is 162 Å². The number of aliphatic hydroxyl groups is 1. The van der Waals surface area contributed by atoms with Gasteiger partial charge in [0.15, 0.2) is 0 Å². The van der Waals surface area contributed by atoms with Crippen molar-refractivity contribution < 1.29 is 9.90 Å². The molecule has 146 valence electrons. The molecule has 0 aliphatic carbocycles. The van der Waals surface area contributed by atoms with Crippen LogP contribution < -0.4 is 10.9 Å². The molecule has 0 bridgehead atoms. The van der Waals surface area contributed by atoms with E-state index in [4.69, 9.17) is 0 Å². The van der Waals surface area contributed by atoms with Crippen LogP contribution in [0.25, 0.3) is 16.9 Å².